The Bertz CT molecular complexity index is 556. The highest BCUT2D eigenvalue weighted by Crippen LogP contribution is 2.27. The maximum atomic E-state index is 12.5. The number of carbonyl (C=O) groups is 1. The molecule has 1 N–H and O–H groups in total. The average molecular weight is 319 g/mol. The van der Waals surface area contributed by atoms with Crippen LogP contribution in [0.2, 0.25) is 0 Å². The number of aliphatic hydroxyl groups is 1. The van der Waals surface area contributed by atoms with Gasteiger partial charge in [0.2, 0.25) is 5.91 Å². The summed E-state index contributed by atoms with van der Waals surface area (Å²) in [7, 11) is 0. The molecule has 5 nitrogen and oxygen atoms in total. The number of aryl methyl sites for hydroxylation is 1. The zero-order chi connectivity index (χ0) is 16.3. The largest absolute Gasteiger partial charge is 0.491 e. The van der Waals surface area contributed by atoms with Crippen LogP contribution in [0.1, 0.15) is 24.8 Å². The number of β-amino-alcohol motifs (C(OH)–C–C–N with tert-alkyl or cyclic N) is 1. The predicted molar refractivity (Wildman–Crippen MR) is 86.4 cm³/mol. The molecule has 2 heterocycles. The second-order valence-electron chi connectivity index (χ2n) is 6.73. The topological polar surface area (TPSA) is 59.0 Å². The molecule has 5 heteroatoms. The molecule has 0 aliphatic carbocycles. The summed E-state index contributed by atoms with van der Waals surface area (Å²) in [6.45, 7) is 4.49. The van der Waals surface area contributed by atoms with Crippen LogP contribution >= 0.6 is 0 Å². The molecular weight excluding hydrogens is 294 g/mol. The molecule has 1 aromatic rings. The number of hydrogen-bond donors (Lipinski definition) is 1. The zero-order valence-electron chi connectivity index (χ0n) is 13.7. The Hall–Kier alpha value is -1.59. The molecule has 0 saturated carbocycles. The van der Waals surface area contributed by atoms with Crippen molar-refractivity contribution in [3.05, 3.63) is 29.8 Å². The molecule has 2 aliphatic heterocycles. The zero-order valence-corrected chi connectivity index (χ0v) is 13.7. The average Bonchev–Trinajstić information content (AvgIpc) is 2.96. The molecule has 3 rings (SSSR count). The van der Waals surface area contributed by atoms with E-state index in [0.29, 0.717) is 32.7 Å². The molecule has 2 saturated heterocycles. The summed E-state index contributed by atoms with van der Waals surface area (Å²) in [6.07, 6.45) is 2.13. The number of benzene rings is 1. The Labute approximate surface area is 137 Å². The monoisotopic (exact) mass is 319 g/mol. The minimum atomic E-state index is -0.954. The Morgan fingerprint density at radius 3 is 2.96 bits per heavy atom. The van der Waals surface area contributed by atoms with Crippen molar-refractivity contribution in [1.82, 2.24) is 4.90 Å². The van der Waals surface area contributed by atoms with Crippen molar-refractivity contribution in [2.45, 2.75) is 31.8 Å². The number of likely N-dealkylation sites (tertiary alicyclic amines) is 1. The normalized spacial score (nSPS) is 25.6. The van der Waals surface area contributed by atoms with Crippen LogP contribution in [0.4, 0.5) is 0 Å². The van der Waals surface area contributed by atoms with Gasteiger partial charge >= 0.3 is 0 Å². The Morgan fingerprint density at radius 1 is 1.43 bits per heavy atom. The fourth-order valence-electron chi connectivity index (χ4n) is 3.29. The number of ether oxygens (including phenoxy) is 2. The summed E-state index contributed by atoms with van der Waals surface area (Å²) < 4.78 is 11.0. The minimum Gasteiger partial charge on any atom is -0.491 e. The lowest BCUT2D eigenvalue weighted by atomic mass is 9.99. The van der Waals surface area contributed by atoms with E-state index in [-0.39, 0.29) is 18.4 Å². The van der Waals surface area contributed by atoms with E-state index in [1.54, 1.807) is 4.90 Å². The number of rotatable bonds is 4. The summed E-state index contributed by atoms with van der Waals surface area (Å²) in [5.74, 6) is 0.955. The smallest absolute Gasteiger partial charge is 0.225 e. The first-order valence-electron chi connectivity index (χ1n) is 8.34. The second-order valence-corrected chi connectivity index (χ2v) is 6.73. The molecule has 2 aliphatic rings. The van der Waals surface area contributed by atoms with Crippen molar-refractivity contribution in [2.24, 2.45) is 5.92 Å². The highest BCUT2D eigenvalue weighted by molar-refractivity contribution is 5.79. The Balaban J connectivity index is 1.54. The molecule has 2 fully saturated rings. The second kappa shape index (κ2) is 6.89. The molecule has 0 bridgehead atoms. The third kappa shape index (κ3) is 4.03. The number of nitrogens with zero attached hydrogens (tertiary/aromatic N) is 1. The van der Waals surface area contributed by atoms with Crippen molar-refractivity contribution in [1.29, 1.82) is 0 Å². The number of amides is 1. The van der Waals surface area contributed by atoms with Gasteiger partial charge in [-0.1, -0.05) is 12.1 Å². The third-order valence-corrected chi connectivity index (χ3v) is 4.71. The van der Waals surface area contributed by atoms with Gasteiger partial charge in [0.15, 0.2) is 0 Å². The molecule has 23 heavy (non-hydrogen) atoms. The number of carbonyl (C=O) groups excluding carboxylic acids is 1. The van der Waals surface area contributed by atoms with Gasteiger partial charge < -0.3 is 19.5 Å². The van der Waals surface area contributed by atoms with Crippen LogP contribution in [0, 0.1) is 12.8 Å². The predicted octanol–water partition coefficient (Wildman–Crippen LogP) is 1.76. The first-order valence-corrected chi connectivity index (χ1v) is 8.34. The maximum Gasteiger partial charge on any atom is 0.225 e. The maximum absolute atomic E-state index is 12.5. The summed E-state index contributed by atoms with van der Waals surface area (Å²) in [5.41, 5.74) is 0.169. The molecule has 1 aromatic carbocycles. The van der Waals surface area contributed by atoms with Gasteiger partial charge in [0.1, 0.15) is 18.0 Å². The van der Waals surface area contributed by atoms with Gasteiger partial charge in [0, 0.05) is 25.7 Å². The van der Waals surface area contributed by atoms with Crippen molar-refractivity contribution in [3.63, 3.8) is 0 Å². The van der Waals surface area contributed by atoms with Gasteiger partial charge in [0.25, 0.3) is 0 Å². The fraction of sp³-hybridized carbons (Fsp3) is 0.611. The van der Waals surface area contributed by atoms with E-state index in [4.69, 9.17) is 9.47 Å². The van der Waals surface area contributed by atoms with Crippen LogP contribution in [0.25, 0.3) is 0 Å². The lowest BCUT2D eigenvalue weighted by Crippen LogP contribution is -2.43. The highest BCUT2D eigenvalue weighted by Gasteiger charge is 2.40. The van der Waals surface area contributed by atoms with Crippen LogP contribution < -0.4 is 4.74 Å². The minimum absolute atomic E-state index is 0.0452. The molecule has 0 radical (unpaired) electrons. The van der Waals surface area contributed by atoms with Gasteiger partial charge in [-0.2, -0.15) is 0 Å². The van der Waals surface area contributed by atoms with Gasteiger partial charge in [0.05, 0.1) is 6.54 Å². The highest BCUT2D eigenvalue weighted by atomic mass is 16.5. The van der Waals surface area contributed by atoms with Gasteiger partial charge in [-0.05, 0) is 43.9 Å². The van der Waals surface area contributed by atoms with Crippen LogP contribution in [-0.2, 0) is 9.53 Å². The van der Waals surface area contributed by atoms with E-state index >= 15 is 0 Å². The lowest BCUT2D eigenvalue weighted by Gasteiger charge is -2.28. The molecule has 0 spiro atoms. The summed E-state index contributed by atoms with van der Waals surface area (Å²) >= 11 is 0. The van der Waals surface area contributed by atoms with Crippen LogP contribution in [0.15, 0.2) is 24.3 Å². The first-order chi connectivity index (χ1) is 11.1. The van der Waals surface area contributed by atoms with E-state index in [2.05, 4.69) is 0 Å². The van der Waals surface area contributed by atoms with Crippen molar-refractivity contribution in [2.75, 3.05) is 32.9 Å². The molecular formula is C18H25NO4. The van der Waals surface area contributed by atoms with E-state index in [9.17, 15) is 9.90 Å². The molecule has 0 unspecified atom stereocenters. The fourth-order valence-corrected chi connectivity index (χ4v) is 3.29. The molecule has 126 valence electrons. The Kier molecular flexibility index (Phi) is 4.87. The van der Waals surface area contributed by atoms with Crippen LogP contribution in [-0.4, -0.2) is 54.4 Å². The number of hydrogen-bond acceptors (Lipinski definition) is 4. The van der Waals surface area contributed by atoms with Crippen LogP contribution in [0.5, 0.6) is 5.75 Å². The van der Waals surface area contributed by atoms with E-state index < -0.39 is 5.60 Å². The van der Waals surface area contributed by atoms with Gasteiger partial charge in [-0.3, -0.25) is 4.79 Å². The SMILES string of the molecule is Cc1cccc(OC[C@@]2(O)CCN(C(=O)C3CCOCC3)C2)c1. The molecule has 0 aromatic heterocycles. The van der Waals surface area contributed by atoms with E-state index in [1.807, 2.05) is 31.2 Å². The summed E-state index contributed by atoms with van der Waals surface area (Å²) in [6, 6.07) is 7.77. The van der Waals surface area contributed by atoms with Crippen molar-refractivity contribution < 1.29 is 19.4 Å². The van der Waals surface area contributed by atoms with Crippen molar-refractivity contribution >= 4 is 5.91 Å². The Morgan fingerprint density at radius 2 is 2.22 bits per heavy atom. The van der Waals surface area contributed by atoms with Gasteiger partial charge in [-0.25, -0.2) is 0 Å². The van der Waals surface area contributed by atoms with Crippen molar-refractivity contribution in [3.8, 4) is 5.75 Å². The quantitative estimate of drug-likeness (QED) is 0.919. The molecule has 1 amide bonds. The molecule has 1 atom stereocenters. The lowest BCUT2D eigenvalue weighted by molar-refractivity contribution is -0.138. The van der Waals surface area contributed by atoms with Gasteiger partial charge in [-0.15, -0.1) is 0 Å². The van der Waals surface area contributed by atoms with Crippen LogP contribution in [0.3, 0.4) is 0 Å². The van der Waals surface area contributed by atoms with E-state index in [0.717, 1.165) is 24.2 Å². The summed E-state index contributed by atoms with van der Waals surface area (Å²) in [5, 5.41) is 10.7. The standard InChI is InChI=1S/C18H25NO4/c1-14-3-2-4-16(11-14)23-13-18(21)7-8-19(12-18)17(20)15-5-9-22-10-6-15/h2-4,11,15,21H,5-10,12-13H2,1H3/t18-/m1/s1. The van der Waals surface area contributed by atoms with E-state index in [1.165, 1.54) is 0 Å². The first kappa shape index (κ1) is 16.3. The summed E-state index contributed by atoms with van der Waals surface area (Å²) in [4.78, 5) is 14.3. The third-order valence-electron chi connectivity index (χ3n) is 4.71.